The van der Waals surface area contributed by atoms with Crippen LogP contribution in [-0.4, -0.2) is 21.9 Å². The number of hydrogen-bond donors (Lipinski definition) is 2. The Morgan fingerprint density at radius 3 is 3.00 bits per heavy atom. The molecule has 1 aromatic heterocycles. The van der Waals surface area contributed by atoms with Gasteiger partial charge < -0.3 is 10.6 Å². The molecule has 1 atom stereocenters. The fourth-order valence-corrected chi connectivity index (χ4v) is 2.03. The summed E-state index contributed by atoms with van der Waals surface area (Å²) in [5, 5.41) is 5.94. The van der Waals surface area contributed by atoms with E-state index in [0.29, 0.717) is 12.2 Å². The Kier molecular flexibility index (Phi) is 2.64. The number of fused-ring (bicyclic) bond motifs is 1. The standard InChI is InChI=1S/C13H12N4O/c18-13(17-12-8-14-5-6-15-12)11-7-9-3-1-2-4-10(9)16-11/h1-6,8,11,16H,7H2,(H,15,17,18). The minimum Gasteiger partial charge on any atom is -0.373 e. The van der Waals surface area contributed by atoms with Crippen molar-refractivity contribution in [1.29, 1.82) is 0 Å². The maximum absolute atomic E-state index is 12.0. The minimum absolute atomic E-state index is 0.0910. The monoisotopic (exact) mass is 240 g/mol. The van der Waals surface area contributed by atoms with Crippen LogP contribution < -0.4 is 10.6 Å². The largest absolute Gasteiger partial charge is 0.373 e. The lowest BCUT2D eigenvalue weighted by Crippen LogP contribution is -2.33. The van der Waals surface area contributed by atoms with Crippen molar-refractivity contribution in [3.8, 4) is 0 Å². The van der Waals surface area contributed by atoms with Crippen LogP contribution >= 0.6 is 0 Å². The summed E-state index contributed by atoms with van der Waals surface area (Å²) in [6, 6.07) is 7.69. The summed E-state index contributed by atoms with van der Waals surface area (Å²) in [5.41, 5.74) is 2.19. The molecule has 0 spiro atoms. The van der Waals surface area contributed by atoms with Crippen molar-refractivity contribution in [2.75, 3.05) is 10.6 Å². The second-order valence-corrected chi connectivity index (χ2v) is 4.14. The maximum Gasteiger partial charge on any atom is 0.248 e. The molecule has 3 rings (SSSR count). The van der Waals surface area contributed by atoms with Gasteiger partial charge in [-0.15, -0.1) is 0 Å². The SMILES string of the molecule is O=C(Nc1cnccn1)C1Cc2ccccc2N1. The van der Waals surface area contributed by atoms with E-state index in [9.17, 15) is 4.79 Å². The number of anilines is 2. The van der Waals surface area contributed by atoms with Crippen molar-refractivity contribution in [3.05, 3.63) is 48.4 Å². The van der Waals surface area contributed by atoms with Gasteiger partial charge in [0, 0.05) is 24.5 Å². The summed E-state index contributed by atoms with van der Waals surface area (Å²) >= 11 is 0. The molecule has 1 unspecified atom stereocenters. The number of nitrogens with zero attached hydrogens (tertiary/aromatic N) is 2. The zero-order chi connectivity index (χ0) is 12.4. The summed E-state index contributed by atoms with van der Waals surface area (Å²) in [7, 11) is 0. The number of carbonyl (C=O) groups is 1. The van der Waals surface area contributed by atoms with Crippen LogP contribution in [0, 0.1) is 0 Å². The van der Waals surface area contributed by atoms with Gasteiger partial charge in [-0.3, -0.25) is 9.78 Å². The van der Waals surface area contributed by atoms with Crippen LogP contribution in [0.4, 0.5) is 11.5 Å². The quantitative estimate of drug-likeness (QED) is 0.833. The number of nitrogens with one attached hydrogen (secondary N) is 2. The third-order valence-corrected chi connectivity index (χ3v) is 2.90. The van der Waals surface area contributed by atoms with Crippen molar-refractivity contribution >= 4 is 17.4 Å². The van der Waals surface area contributed by atoms with Crippen LogP contribution in [-0.2, 0) is 11.2 Å². The highest BCUT2D eigenvalue weighted by Crippen LogP contribution is 2.25. The molecule has 1 aliphatic rings. The number of carbonyl (C=O) groups excluding carboxylic acids is 1. The third-order valence-electron chi connectivity index (χ3n) is 2.90. The van der Waals surface area contributed by atoms with Gasteiger partial charge in [-0.1, -0.05) is 18.2 Å². The Balaban J connectivity index is 1.70. The molecular formula is C13H12N4O. The zero-order valence-corrected chi connectivity index (χ0v) is 9.63. The highest BCUT2D eigenvalue weighted by molar-refractivity contribution is 5.97. The van der Waals surface area contributed by atoms with Gasteiger partial charge in [0.05, 0.1) is 6.20 Å². The molecule has 0 radical (unpaired) electrons. The van der Waals surface area contributed by atoms with E-state index in [0.717, 1.165) is 11.3 Å². The minimum atomic E-state index is -0.246. The van der Waals surface area contributed by atoms with Crippen LogP contribution in [0.15, 0.2) is 42.9 Å². The summed E-state index contributed by atoms with van der Waals surface area (Å²) in [5.74, 6) is 0.381. The summed E-state index contributed by atoms with van der Waals surface area (Å²) in [6.45, 7) is 0. The van der Waals surface area contributed by atoms with Gasteiger partial charge in [-0.25, -0.2) is 4.98 Å². The molecule has 0 aliphatic carbocycles. The average Bonchev–Trinajstić information content (AvgIpc) is 2.84. The lowest BCUT2D eigenvalue weighted by molar-refractivity contribution is -0.116. The van der Waals surface area contributed by atoms with Crippen molar-refractivity contribution in [3.63, 3.8) is 0 Å². The van der Waals surface area contributed by atoms with E-state index < -0.39 is 0 Å². The van der Waals surface area contributed by atoms with E-state index in [2.05, 4.69) is 20.6 Å². The van der Waals surface area contributed by atoms with Crippen LogP contribution in [0.5, 0.6) is 0 Å². The van der Waals surface area contributed by atoms with Crippen molar-refractivity contribution in [2.45, 2.75) is 12.5 Å². The van der Waals surface area contributed by atoms with Gasteiger partial charge in [-0.05, 0) is 11.6 Å². The lowest BCUT2D eigenvalue weighted by Gasteiger charge is -2.10. The molecule has 1 aromatic carbocycles. The number of aromatic nitrogens is 2. The molecule has 1 aliphatic heterocycles. The van der Waals surface area contributed by atoms with E-state index in [1.807, 2.05) is 24.3 Å². The molecule has 5 heteroatoms. The van der Waals surface area contributed by atoms with E-state index in [-0.39, 0.29) is 11.9 Å². The number of amides is 1. The first-order valence-electron chi connectivity index (χ1n) is 5.74. The molecule has 2 N–H and O–H groups in total. The smallest absolute Gasteiger partial charge is 0.248 e. The molecule has 1 amide bonds. The molecule has 0 fully saturated rings. The molecule has 90 valence electrons. The highest BCUT2D eigenvalue weighted by Gasteiger charge is 2.26. The number of benzene rings is 1. The predicted octanol–water partition coefficient (Wildman–Crippen LogP) is 1.45. The Morgan fingerprint density at radius 2 is 2.22 bits per heavy atom. The molecule has 2 aromatic rings. The number of para-hydroxylation sites is 1. The molecule has 5 nitrogen and oxygen atoms in total. The zero-order valence-electron chi connectivity index (χ0n) is 9.63. The summed E-state index contributed by atoms with van der Waals surface area (Å²) < 4.78 is 0. The normalized spacial score (nSPS) is 16.8. The lowest BCUT2D eigenvalue weighted by atomic mass is 10.1. The van der Waals surface area contributed by atoms with Gasteiger partial charge in [0.15, 0.2) is 5.82 Å². The van der Waals surface area contributed by atoms with E-state index in [4.69, 9.17) is 0 Å². The van der Waals surface area contributed by atoms with Crippen molar-refractivity contribution < 1.29 is 4.79 Å². The summed E-state index contributed by atoms with van der Waals surface area (Å²) in [6.07, 6.45) is 5.34. The molecule has 0 saturated heterocycles. The van der Waals surface area contributed by atoms with Crippen LogP contribution in [0.1, 0.15) is 5.56 Å². The van der Waals surface area contributed by atoms with E-state index in [1.54, 1.807) is 12.4 Å². The Hall–Kier alpha value is -2.43. The Labute approximate surface area is 104 Å². The van der Waals surface area contributed by atoms with Gasteiger partial charge in [0.2, 0.25) is 5.91 Å². The Morgan fingerprint density at radius 1 is 1.33 bits per heavy atom. The van der Waals surface area contributed by atoms with Crippen molar-refractivity contribution in [2.24, 2.45) is 0 Å². The van der Waals surface area contributed by atoms with Gasteiger partial charge in [-0.2, -0.15) is 0 Å². The highest BCUT2D eigenvalue weighted by atomic mass is 16.2. The van der Waals surface area contributed by atoms with Crippen LogP contribution in [0.3, 0.4) is 0 Å². The molecule has 0 bridgehead atoms. The molecular weight excluding hydrogens is 228 g/mol. The number of hydrogen-bond acceptors (Lipinski definition) is 4. The average molecular weight is 240 g/mol. The van der Waals surface area contributed by atoms with Gasteiger partial charge in [0.25, 0.3) is 0 Å². The third kappa shape index (κ3) is 2.02. The maximum atomic E-state index is 12.0. The van der Waals surface area contributed by atoms with Gasteiger partial charge >= 0.3 is 0 Å². The second-order valence-electron chi connectivity index (χ2n) is 4.14. The fourth-order valence-electron chi connectivity index (χ4n) is 2.03. The van der Waals surface area contributed by atoms with Crippen molar-refractivity contribution in [1.82, 2.24) is 9.97 Å². The first-order chi connectivity index (χ1) is 8.83. The topological polar surface area (TPSA) is 66.9 Å². The van der Waals surface area contributed by atoms with Crippen LogP contribution in [0.25, 0.3) is 0 Å². The molecule has 18 heavy (non-hydrogen) atoms. The molecule has 2 heterocycles. The number of rotatable bonds is 2. The van der Waals surface area contributed by atoms with E-state index in [1.165, 1.54) is 6.20 Å². The van der Waals surface area contributed by atoms with E-state index >= 15 is 0 Å². The van der Waals surface area contributed by atoms with Crippen LogP contribution in [0.2, 0.25) is 0 Å². The Bertz CT molecular complexity index is 545. The molecule has 0 saturated carbocycles. The first-order valence-corrected chi connectivity index (χ1v) is 5.74. The summed E-state index contributed by atoms with van der Waals surface area (Å²) in [4.78, 5) is 20.0. The predicted molar refractivity (Wildman–Crippen MR) is 68.2 cm³/mol. The first kappa shape index (κ1) is 10.7. The fraction of sp³-hybridized carbons (Fsp3) is 0.154. The second kappa shape index (κ2) is 4.44. The van der Waals surface area contributed by atoms with Gasteiger partial charge in [0.1, 0.15) is 6.04 Å².